The molecule has 64 valence electrons. The molecule has 0 unspecified atom stereocenters. The number of benzene rings is 1. The molecule has 0 fully saturated rings. The van der Waals surface area contributed by atoms with Crippen LogP contribution in [0.1, 0.15) is 15.9 Å². The Morgan fingerprint density at radius 3 is 2.67 bits per heavy atom. The quantitative estimate of drug-likeness (QED) is 0.818. The van der Waals surface area contributed by atoms with E-state index in [1.165, 1.54) is 6.07 Å². The van der Waals surface area contributed by atoms with Crippen molar-refractivity contribution in [3.8, 4) is 0 Å². The smallest absolute Gasteiger partial charge is 0.335 e. The van der Waals surface area contributed by atoms with Gasteiger partial charge in [-0.2, -0.15) is 0 Å². The molecule has 0 amide bonds. The highest BCUT2D eigenvalue weighted by Crippen LogP contribution is 2.20. The molecule has 0 heterocycles. The number of hydrogen-bond acceptors (Lipinski definition) is 1. The summed E-state index contributed by atoms with van der Waals surface area (Å²) < 4.78 is 0.734. The van der Waals surface area contributed by atoms with Crippen LogP contribution >= 0.6 is 27.5 Å². The predicted octanol–water partition coefficient (Wildman–Crippen LogP) is 2.89. The van der Waals surface area contributed by atoms with Gasteiger partial charge in [0.1, 0.15) is 0 Å². The van der Waals surface area contributed by atoms with E-state index in [9.17, 15) is 4.79 Å². The lowest BCUT2D eigenvalue weighted by molar-refractivity contribution is 0.0697. The van der Waals surface area contributed by atoms with Gasteiger partial charge >= 0.3 is 5.97 Å². The average molecular weight is 249 g/mol. The number of hydrogen-bond donors (Lipinski definition) is 1. The third kappa shape index (κ3) is 1.99. The molecule has 0 aliphatic rings. The topological polar surface area (TPSA) is 37.3 Å². The van der Waals surface area contributed by atoms with E-state index in [2.05, 4.69) is 15.9 Å². The number of carboxylic acids is 1. The first-order valence-corrected chi connectivity index (χ1v) is 4.55. The van der Waals surface area contributed by atoms with Crippen molar-refractivity contribution < 1.29 is 9.90 Å². The second-order valence-electron chi connectivity index (χ2n) is 2.24. The lowest BCUT2D eigenvalue weighted by atomic mass is 10.1. The Kier molecular flexibility index (Phi) is 3.12. The third-order valence-corrected chi connectivity index (χ3v) is 2.47. The molecular formula is C8H6BrClO2. The summed E-state index contributed by atoms with van der Waals surface area (Å²) in [6, 6.07) is 4.77. The molecule has 1 rings (SSSR count). The first-order chi connectivity index (χ1) is 5.65. The van der Waals surface area contributed by atoms with Crippen LogP contribution in [-0.4, -0.2) is 11.1 Å². The molecule has 0 bridgehead atoms. The van der Waals surface area contributed by atoms with E-state index in [0.29, 0.717) is 5.88 Å². The molecule has 1 aromatic rings. The SMILES string of the molecule is O=C(O)c1ccc(CCl)c(Br)c1. The fourth-order valence-corrected chi connectivity index (χ4v) is 1.70. The van der Waals surface area contributed by atoms with Crippen molar-refractivity contribution in [3.05, 3.63) is 33.8 Å². The van der Waals surface area contributed by atoms with E-state index in [1.807, 2.05) is 0 Å². The molecule has 1 N–H and O–H groups in total. The Morgan fingerprint density at radius 1 is 1.58 bits per heavy atom. The van der Waals surface area contributed by atoms with E-state index < -0.39 is 5.97 Å². The standard InChI is InChI=1S/C8H6BrClO2/c9-7-3-5(8(11)12)1-2-6(7)4-10/h1-3H,4H2,(H,11,12). The zero-order chi connectivity index (χ0) is 9.14. The number of carbonyl (C=O) groups is 1. The maximum absolute atomic E-state index is 10.5. The van der Waals surface area contributed by atoms with Crippen LogP contribution in [0.15, 0.2) is 22.7 Å². The van der Waals surface area contributed by atoms with Crippen molar-refractivity contribution in [1.82, 2.24) is 0 Å². The average Bonchev–Trinajstić information content (AvgIpc) is 2.04. The maximum Gasteiger partial charge on any atom is 0.335 e. The van der Waals surface area contributed by atoms with Gasteiger partial charge < -0.3 is 5.11 Å². The van der Waals surface area contributed by atoms with Gasteiger partial charge in [0.25, 0.3) is 0 Å². The lowest BCUT2D eigenvalue weighted by Crippen LogP contribution is -1.96. The summed E-state index contributed by atoms with van der Waals surface area (Å²) in [6.45, 7) is 0. The van der Waals surface area contributed by atoms with Crippen LogP contribution in [0, 0.1) is 0 Å². The summed E-state index contributed by atoms with van der Waals surface area (Å²) in [4.78, 5) is 10.5. The highest BCUT2D eigenvalue weighted by atomic mass is 79.9. The highest BCUT2D eigenvalue weighted by molar-refractivity contribution is 9.10. The molecule has 0 radical (unpaired) electrons. The number of carboxylic acid groups (broad SMARTS) is 1. The molecule has 12 heavy (non-hydrogen) atoms. The van der Waals surface area contributed by atoms with Crippen LogP contribution in [-0.2, 0) is 5.88 Å². The summed E-state index contributed by atoms with van der Waals surface area (Å²) in [6.07, 6.45) is 0. The second kappa shape index (κ2) is 3.92. The van der Waals surface area contributed by atoms with Crippen LogP contribution < -0.4 is 0 Å². The van der Waals surface area contributed by atoms with Gasteiger partial charge in [0.05, 0.1) is 5.56 Å². The lowest BCUT2D eigenvalue weighted by Gasteiger charge is -2.00. The predicted molar refractivity (Wildman–Crippen MR) is 50.7 cm³/mol. The normalized spacial score (nSPS) is 9.83. The van der Waals surface area contributed by atoms with Crippen LogP contribution in [0.3, 0.4) is 0 Å². The van der Waals surface area contributed by atoms with Gasteiger partial charge in [-0.25, -0.2) is 4.79 Å². The van der Waals surface area contributed by atoms with Crippen LogP contribution in [0.25, 0.3) is 0 Å². The molecule has 4 heteroatoms. The Morgan fingerprint density at radius 2 is 2.25 bits per heavy atom. The van der Waals surface area contributed by atoms with Crippen molar-refractivity contribution >= 4 is 33.5 Å². The monoisotopic (exact) mass is 248 g/mol. The first-order valence-electron chi connectivity index (χ1n) is 3.23. The first kappa shape index (κ1) is 9.55. The minimum absolute atomic E-state index is 0.260. The van der Waals surface area contributed by atoms with Crippen LogP contribution in [0.5, 0.6) is 0 Å². The Hall–Kier alpha value is -0.540. The van der Waals surface area contributed by atoms with Gasteiger partial charge in [0.15, 0.2) is 0 Å². The van der Waals surface area contributed by atoms with Crippen molar-refractivity contribution in [3.63, 3.8) is 0 Å². The zero-order valence-corrected chi connectivity index (χ0v) is 8.39. The Labute approximate surface area is 83.3 Å². The Balaban J connectivity index is 3.10. The molecular weight excluding hydrogens is 243 g/mol. The highest BCUT2D eigenvalue weighted by Gasteiger charge is 2.05. The van der Waals surface area contributed by atoms with E-state index >= 15 is 0 Å². The number of alkyl halides is 1. The van der Waals surface area contributed by atoms with E-state index in [1.54, 1.807) is 12.1 Å². The summed E-state index contributed by atoms with van der Waals surface area (Å²) in [5, 5.41) is 8.62. The second-order valence-corrected chi connectivity index (χ2v) is 3.37. The summed E-state index contributed by atoms with van der Waals surface area (Å²) in [5.41, 5.74) is 1.15. The van der Waals surface area contributed by atoms with E-state index in [-0.39, 0.29) is 5.56 Å². The van der Waals surface area contributed by atoms with Gasteiger partial charge in [-0.3, -0.25) is 0 Å². The molecule has 0 atom stereocenters. The molecule has 1 aromatic carbocycles. The van der Waals surface area contributed by atoms with Gasteiger partial charge in [0, 0.05) is 10.4 Å². The molecule has 0 aromatic heterocycles. The third-order valence-electron chi connectivity index (χ3n) is 1.44. The molecule has 2 nitrogen and oxygen atoms in total. The number of rotatable bonds is 2. The van der Waals surface area contributed by atoms with Gasteiger partial charge in [-0.05, 0) is 17.7 Å². The maximum atomic E-state index is 10.5. The molecule has 0 spiro atoms. The molecule has 0 saturated carbocycles. The van der Waals surface area contributed by atoms with E-state index in [0.717, 1.165) is 10.0 Å². The number of halogens is 2. The fourth-order valence-electron chi connectivity index (χ4n) is 0.789. The zero-order valence-electron chi connectivity index (χ0n) is 6.05. The Bertz CT molecular complexity index is 312. The van der Waals surface area contributed by atoms with Crippen LogP contribution in [0.2, 0.25) is 0 Å². The van der Waals surface area contributed by atoms with Gasteiger partial charge in [-0.15, -0.1) is 11.6 Å². The van der Waals surface area contributed by atoms with Crippen molar-refractivity contribution in [2.75, 3.05) is 0 Å². The fraction of sp³-hybridized carbons (Fsp3) is 0.125. The minimum atomic E-state index is -0.933. The number of aromatic carboxylic acids is 1. The molecule has 0 aliphatic heterocycles. The summed E-state index contributed by atoms with van der Waals surface area (Å²) in [7, 11) is 0. The summed E-state index contributed by atoms with van der Waals surface area (Å²) >= 11 is 8.81. The molecule has 0 aliphatic carbocycles. The van der Waals surface area contributed by atoms with Crippen molar-refractivity contribution in [1.29, 1.82) is 0 Å². The van der Waals surface area contributed by atoms with Gasteiger partial charge in [0.2, 0.25) is 0 Å². The van der Waals surface area contributed by atoms with Gasteiger partial charge in [-0.1, -0.05) is 22.0 Å². The minimum Gasteiger partial charge on any atom is -0.478 e. The largest absolute Gasteiger partial charge is 0.478 e. The van der Waals surface area contributed by atoms with Crippen molar-refractivity contribution in [2.45, 2.75) is 5.88 Å². The van der Waals surface area contributed by atoms with Crippen molar-refractivity contribution in [2.24, 2.45) is 0 Å². The summed E-state index contributed by atoms with van der Waals surface area (Å²) in [5.74, 6) is -0.558. The van der Waals surface area contributed by atoms with Crippen LogP contribution in [0.4, 0.5) is 0 Å². The van der Waals surface area contributed by atoms with E-state index in [4.69, 9.17) is 16.7 Å². The molecule has 0 saturated heterocycles.